The highest BCUT2D eigenvalue weighted by atomic mass is 32.2. The van der Waals surface area contributed by atoms with Crippen LogP contribution in [0.1, 0.15) is 62.6 Å². The molecule has 3 aromatic rings. The second-order valence-electron chi connectivity index (χ2n) is 8.62. The molecule has 7 nitrogen and oxygen atoms in total. The molecule has 1 heterocycles. The normalized spacial score (nSPS) is 14.8. The van der Waals surface area contributed by atoms with E-state index in [4.69, 9.17) is 0 Å². The Morgan fingerprint density at radius 2 is 1.79 bits per heavy atom. The minimum Gasteiger partial charge on any atom is -0.508 e. The van der Waals surface area contributed by atoms with E-state index >= 15 is 0 Å². The molecule has 34 heavy (non-hydrogen) atoms. The number of aryl methyl sites for hydroxylation is 1. The third-order valence-electron chi connectivity index (χ3n) is 6.10. The van der Waals surface area contributed by atoms with Crippen molar-refractivity contribution < 1.29 is 9.90 Å². The van der Waals surface area contributed by atoms with Crippen molar-refractivity contribution in [1.82, 2.24) is 20.2 Å². The molecule has 4 rings (SSSR count). The van der Waals surface area contributed by atoms with Gasteiger partial charge in [0.2, 0.25) is 0 Å². The predicted octanol–water partition coefficient (Wildman–Crippen LogP) is 5.49. The molecule has 0 aliphatic heterocycles. The maximum absolute atomic E-state index is 12.6. The first-order valence-electron chi connectivity index (χ1n) is 11.8. The molecule has 2 N–H and O–H groups in total. The van der Waals surface area contributed by atoms with Gasteiger partial charge in [0.15, 0.2) is 11.0 Å². The molecule has 1 aliphatic rings. The van der Waals surface area contributed by atoms with Crippen LogP contribution in [0.3, 0.4) is 0 Å². The fraction of sp³-hybridized carbons (Fsp3) is 0.385. The summed E-state index contributed by atoms with van der Waals surface area (Å²) < 4.78 is 2.24. The summed E-state index contributed by atoms with van der Waals surface area (Å²) in [6.45, 7) is 4.05. The molecule has 2 aromatic carbocycles. The topological polar surface area (TPSA) is 92.4 Å². The summed E-state index contributed by atoms with van der Waals surface area (Å²) in [4.78, 5) is 12.6. The second-order valence-corrected chi connectivity index (χ2v) is 9.56. The number of carbonyl (C=O) groups excluding carboxylic acids is 1. The Hall–Kier alpha value is -3.13. The quantitative estimate of drug-likeness (QED) is 0.254. The van der Waals surface area contributed by atoms with Gasteiger partial charge in [-0.25, -0.2) is 5.43 Å². The summed E-state index contributed by atoms with van der Waals surface area (Å²) in [5.41, 5.74) is 6.55. The first-order valence-corrected chi connectivity index (χ1v) is 12.8. The van der Waals surface area contributed by atoms with Gasteiger partial charge in [0, 0.05) is 11.6 Å². The van der Waals surface area contributed by atoms with Crippen molar-refractivity contribution in [2.24, 2.45) is 5.10 Å². The summed E-state index contributed by atoms with van der Waals surface area (Å²) in [5, 5.41) is 23.5. The number of aromatic hydroxyl groups is 1. The average Bonchev–Trinajstić information content (AvgIpc) is 3.29. The van der Waals surface area contributed by atoms with E-state index in [0.29, 0.717) is 12.5 Å². The highest BCUT2D eigenvalue weighted by molar-refractivity contribution is 7.99. The number of rotatable bonds is 8. The molecular weight excluding hydrogens is 446 g/mol. The van der Waals surface area contributed by atoms with Gasteiger partial charge in [-0.15, -0.1) is 10.2 Å². The summed E-state index contributed by atoms with van der Waals surface area (Å²) in [6, 6.07) is 15.5. The maximum atomic E-state index is 12.6. The standard InChI is InChI=1S/C26H31N5O2S/c1-3-23(19-13-15-22(32)16-14-19)27-28-24(33)17-34-26-30-29-25(20-11-9-18(2)10-12-20)31(26)21-7-5-4-6-8-21/h9-16,21,32H,3-8,17H2,1-2H3,(H,28,33)/b27-23-. The molecule has 1 saturated carbocycles. The lowest BCUT2D eigenvalue weighted by Crippen LogP contribution is -2.22. The van der Waals surface area contributed by atoms with E-state index in [9.17, 15) is 9.90 Å². The van der Waals surface area contributed by atoms with Crippen molar-refractivity contribution in [3.8, 4) is 17.1 Å². The minimum absolute atomic E-state index is 0.190. The zero-order chi connectivity index (χ0) is 23.9. The van der Waals surface area contributed by atoms with E-state index in [2.05, 4.69) is 56.5 Å². The molecule has 1 amide bonds. The SMILES string of the molecule is CC/C(=N/NC(=O)CSc1nnc(-c2ccc(C)cc2)n1C1CCCCC1)c1ccc(O)cc1. The van der Waals surface area contributed by atoms with E-state index in [1.54, 1.807) is 24.3 Å². The monoisotopic (exact) mass is 477 g/mol. The van der Waals surface area contributed by atoms with Gasteiger partial charge >= 0.3 is 0 Å². The number of thioether (sulfide) groups is 1. The summed E-state index contributed by atoms with van der Waals surface area (Å²) in [7, 11) is 0. The summed E-state index contributed by atoms with van der Waals surface area (Å²) in [6.07, 6.45) is 6.54. The van der Waals surface area contributed by atoms with Crippen LogP contribution >= 0.6 is 11.8 Å². The van der Waals surface area contributed by atoms with E-state index in [-0.39, 0.29) is 17.4 Å². The van der Waals surface area contributed by atoms with Crippen LogP contribution in [0.4, 0.5) is 0 Å². The van der Waals surface area contributed by atoms with E-state index in [1.807, 2.05) is 6.92 Å². The number of nitrogens with one attached hydrogen (secondary N) is 1. The third-order valence-corrected chi connectivity index (χ3v) is 7.04. The van der Waals surface area contributed by atoms with Crippen molar-refractivity contribution in [2.45, 2.75) is 63.6 Å². The largest absolute Gasteiger partial charge is 0.508 e. The van der Waals surface area contributed by atoms with Gasteiger partial charge in [0.05, 0.1) is 11.5 Å². The lowest BCUT2D eigenvalue weighted by Gasteiger charge is -2.25. The maximum Gasteiger partial charge on any atom is 0.250 e. The molecule has 0 bridgehead atoms. The van der Waals surface area contributed by atoms with Crippen LogP contribution in [-0.2, 0) is 4.79 Å². The van der Waals surface area contributed by atoms with E-state index < -0.39 is 0 Å². The van der Waals surface area contributed by atoms with E-state index in [1.165, 1.54) is 36.6 Å². The van der Waals surface area contributed by atoms with Crippen LogP contribution in [0.2, 0.25) is 0 Å². The molecule has 1 aliphatic carbocycles. The Kier molecular flexibility index (Phi) is 8.00. The molecule has 0 saturated heterocycles. The van der Waals surface area contributed by atoms with Crippen molar-refractivity contribution >= 4 is 23.4 Å². The molecule has 0 unspecified atom stereocenters. The van der Waals surface area contributed by atoms with Crippen LogP contribution < -0.4 is 5.43 Å². The van der Waals surface area contributed by atoms with Crippen LogP contribution in [0, 0.1) is 6.92 Å². The fourth-order valence-corrected chi connectivity index (χ4v) is 5.03. The number of amides is 1. The number of nitrogens with zero attached hydrogens (tertiary/aromatic N) is 4. The highest BCUT2D eigenvalue weighted by Crippen LogP contribution is 2.35. The Morgan fingerprint density at radius 3 is 2.47 bits per heavy atom. The number of benzene rings is 2. The number of phenols is 1. The summed E-state index contributed by atoms with van der Waals surface area (Å²) in [5.74, 6) is 1.08. The van der Waals surface area contributed by atoms with Crippen LogP contribution in [0.15, 0.2) is 58.8 Å². The van der Waals surface area contributed by atoms with Crippen LogP contribution in [0.25, 0.3) is 11.4 Å². The van der Waals surface area contributed by atoms with Gasteiger partial charge in [0.1, 0.15) is 5.75 Å². The zero-order valence-electron chi connectivity index (χ0n) is 19.7. The Morgan fingerprint density at radius 1 is 1.09 bits per heavy atom. The predicted molar refractivity (Wildman–Crippen MR) is 136 cm³/mol. The van der Waals surface area contributed by atoms with Gasteiger partial charge in [-0.3, -0.25) is 9.36 Å². The molecule has 1 fully saturated rings. The number of aromatic nitrogens is 3. The van der Waals surface area contributed by atoms with Gasteiger partial charge in [-0.05, 0) is 56.0 Å². The van der Waals surface area contributed by atoms with Crippen molar-refractivity contribution in [3.63, 3.8) is 0 Å². The first kappa shape index (κ1) is 24.0. The Bertz CT molecular complexity index is 1130. The third kappa shape index (κ3) is 5.86. The number of hydrogen-bond donors (Lipinski definition) is 2. The van der Waals surface area contributed by atoms with Crippen LogP contribution in [0.5, 0.6) is 5.75 Å². The molecule has 0 spiro atoms. The smallest absolute Gasteiger partial charge is 0.250 e. The van der Waals surface area contributed by atoms with Gasteiger partial charge < -0.3 is 5.11 Å². The summed E-state index contributed by atoms with van der Waals surface area (Å²) >= 11 is 1.40. The zero-order valence-corrected chi connectivity index (χ0v) is 20.5. The molecule has 8 heteroatoms. The molecule has 0 atom stereocenters. The second kappa shape index (κ2) is 11.3. The highest BCUT2D eigenvalue weighted by Gasteiger charge is 2.24. The van der Waals surface area contributed by atoms with Crippen molar-refractivity contribution in [1.29, 1.82) is 0 Å². The van der Waals surface area contributed by atoms with Crippen LogP contribution in [-0.4, -0.2) is 37.2 Å². The minimum atomic E-state index is -0.190. The first-order chi connectivity index (χ1) is 16.5. The van der Waals surface area contributed by atoms with Crippen molar-refractivity contribution in [3.05, 3.63) is 59.7 Å². The Labute approximate surface area is 204 Å². The van der Waals surface area contributed by atoms with Crippen molar-refractivity contribution in [2.75, 3.05) is 5.75 Å². The van der Waals surface area contributed by atoms with E-state index in [0.717, 1.165) is 40.7 Å². The number of carbonyl (C=O) groups is 1. The lowest BCUT2D eigenvalue weighted by atomic mass is 9.95. The Balaban J connectivity index is 1.48. The lowest BCUT2D eigenvalue weighted by molar-refractivity contribution is -0.118. The molecule has 178 valence electrons. The molecular formula is C26H31N5O2S. The fourth-order valence-electron chi connectivity index (χ4n) is 4.24. The van der Waals surface area contributed by atoms with Gasteiger partial charge in [-0.1, -0.05) is 67.8 Å². The number of hydrazone groups is 1. The van der Waals surface area contributed by atoms with Gasteiger partial charge in [-0.2, -0.15) is 5.10 Å². The average molecular weight is 478 g/mol. The number of phenolic OH excluding ortho intramolecular Hbond substituents is 1. The molecule has 0 radical (unpaired) electrons. The number of hydrogen-bond acceptors (Lipinski definition) is 6. The molecule has 1 aromatic heterocycles. The van der Waals surface area contributed by atoms with Gasteiger partial charge in [0.25, 0.3) is 5.91 Å².